The fourth-order valence-corrected chi connectivity index (χ4v) is 2.43. The average molecular weight is 332 g/mol. The molecule has 3 rings (SSSR count). The van der Waals surface area contributed by atoms with Crippen LogP contribution in [0.5, 0.6) is 0 Å². The number of hydrogen-bond acceptors (Lipinski definition) is 3. The molecule has 1 fully saturated rings. The van der Waals surface area contributed by atoms with Crippen LogP contribution in [0.15, 0.2) is 30.5 Å². The summed E-state index contributed by atoms with van der Waals surface area (Å²) in [6.07, 6.45) is 4.20. The second kappa shape index (κ2) is 6.48. The van der Waals surface area contributed by atoms with Gasteiger partial charge in [0.1, 0.15) is 5.15 Å². The molecule has 0 atom stereocenters. The molecule has 0 amide bonds. The van der Waals surface area contributed by atoms with Crippen molar-refractivity contribution in [3.8, 4) is 11.8 Å². The molecule has 0 bridgehead atoms. The molecule has 5 heteroatoms. The van der Waals surface area contributed by atoms with Crippen LogP contribution in [0.2, 0.25) is 10.2 Å². The lowest BCUT2D eigenvalue weighted by Gasteiger charge is -2.11. The Morgan fingerprint density at radius 3 is 2.77 bits per heavy atom. The molecule has 1 aliphatic carbocycles. The molecule has 1 aromatic heterocycles. The molecular formula is C17H15Cl2N3. The highest BCUT2D eigenvalue weighted by molar-refractivity contribution is 6.35. The lowest BCUT2D eigenvalue weighted by molar-refractivity contribution is 0.890. The van der Waals surface area contributed by atoms with Crippen molar-refractivity contribution in [1.82, 2.24) is 4.98 Å². The first-order chi connectivity index (χ1) is 10.6. The second-order valence-electron chi connectivity index (χ2n) is 5.33. The summed E-state index contributed by atoms with van der Waals surface area (Å²) in [4.78, 5) is 3.92. The van der Waals surface area contributed by atoms with Gasteiger partial charge < -0.3 is 11.1 Å². The van der Waals surface area contributed by atoms with Crippen molar-refractivity contribution in [2.45, 2.75) is 12.8 Å². The molecule has 1 heterocycles. The van der Waals surface area contributed by atoms with Crippen molar-refractivity contribution in [1.29, 1.82) is 0 Å². The van der Waals surface area contributed by atoms with Gasteiger partial charge in [-0.1, -0.05) is 35.0 Å². The van der Waals surface area contributed by atoms with E-state index < -0.39 is 0 Å². The zero-order valence-electron chi connectivity index (χ0n) is 11.9. The third kappa shape index (κ3) is 3.65. The number of benzene rings is 1. The lowest BCUT2D eigenvalue weighted by atomic mass is 10.1. The molecule has 3 N–H and O–H groups in total. The number of nitrogen functional groups attached to an aromatic ring is 1. The zero-order chi connectivity index (χ0) is 15.5. The molecule has 1 aromatic carbocycles. The van der Waals surface area contributed by atoms with E-state index in [0.29, 0.717) is 21.4 Å². The van der Waals surface area contributed by atoms with E-state index in [1.165, 1.54) is 12.8 Å². The third-order valence-corrected chi connectivity index (χ3v) is 4.14. The molecule has 0 spiro atoms. The number of nitrogens with one attached hydrogen (secondary N) is 1. The van der Waals surface area contributed by atoms with Crippen molar-refractivity contribution in [3.63, 3.8) is 0 Å². The Kier molecular flexibility index (Phi) is 4.42. The zero-order valence-corrected chi connectivity index (χ0v) is 13.4. The predicted octanol–water partition coefficient (Wildman–Crippen LogP) is 4.19. The van der Waals surface area contributed by atoms with Gasteiger partial charge in [-0.2, -0.15) is 0 Å². The molecule has 0 aliphatic heterocycles. The van der Waals surface area contributed by atoms with Gasteiger partial charge in [0.15, 0.2) is 0 Å². The minimum atomic E-state index is 0.414. The SMILES string of the molecule is Nc1c(NCC2CC2)ccc(C#Cc2ccnc(Cl)c2)c1Cl. The van der Waals surface area contributed by atoms with Crippen LogP contribution in [0.4, 0.5) is 11.4 Å². The second-order valence-corrected chi connectivity index (χ2v) is 6.10. The normalized spacial score (nSPS) is 13.4. The number of hydrogen-bond donors (Lipinski definition) is 2. The molecule has 0 radical (unpaired) electrons. The summed E-state index contributed by atoms with van der Waals surface area (Å²) >= 11 is 12.2. The fourth-order valence-electron chi connectivity index (χ4n) is 2.04. The highest BCUT2D eigenvalue weighted by Gasteiger charge is 2.21. The smallest absolute Gasteiger partial charge is 0.130 e. The van der Waals surface area contributed by atoms with E-state index in [4.69, 9.17) is 28.9 Å². The topological polar surface area (TPSA) is 50.9 Å². The van der Waals surface area contributed by atoms with Crippen molar-refractivity contribution < 1.29 is 0 Å². The van der Waals surface area contributed by atoms with E-state index in [9.17, 15) is 0 Å². The fraction of sp³-hybridized carbons (Fsp3) is 0.235. The van der Waals surface area contributed by atoms with Crippen LogP contribution >= 0.6 is 23.2 Å². The van der Waals surface area contributed by atoms with Crippen LogP contribution in [0, 0.1) is 17.8 Å². The van der Waals surface area contributed by atoms with Crippen LogP contribution in [0.25, 0.3) is 0 Å². The summed E-state index contributed by atoms with van der Waals surface area (Å²) < 4.78 is 0. The van der Waals surface area contributed by atoms with Gasteiger partial charge in [0.2, 0.25) is 0 Å². The lowest BCUT2D eigenvalue weighted by Crippen LogP contribution is -2.06. The number of aromatic nitrogens is 1. The van der Waals surface area contributed by atoms with Gasteiger partial charge in [0.05, 0.1) is 16.4 Å². The first kappa shape index (κ1) is 15.0. The van der Waals surface area contributed by atoms with Crippen molar-refractivity contribution >= 4 is 34.6 Å². The molecule has 1 saturated carbocycles. The molecule has 0 saturated heterocycles. The molecule has 1 aliphatic rings. The monoisotopic (exact) mass is 331 g/mol. The third-order valence-electron chi connectivity index (χ3n) is 3.53. The van der Waals surface area contributed by atoms with Crippen LogP contribution in [0.3, 0.4) is 0 Å². The Labute approximate surface area is 139 Å². The summed E-state index contributed by atoms with van der Waals surface area (Å²) in [6.45, 7) is 0.946. The minimum Gasteiger partial charge on any atom is -0.396 e. The molecule has 0 unspecified atom stereocenters. The first-order valence-electron chi connectivity index (χ1n) is 7.09. The van der Waals surface area contributed by atoms with Crippen LogP contribution in [-0.4, -0.2) is 11.5 Å². The maximum Gasteiger partial charge on any atom is 0.130 e. The summed E-state index contributed by atoms with van der Waals surface area (Å²) in [5.41, 5.74) is 8.98. The number of anilines is 2. The number of rotatable bonds is 3. The maximum atomic E-state index is 6.32. The standard InChI is InChI=1S/C17H15Cl2N3/c18-15-9-11(7-8-21-15)3-4-13-5-6-14(17(20)16(13)19)22-10-12-1-2-12/h5-9,12,22H,1-2,10,20H2. The summed E-state index contributed by atoms with van der Waals surface area (Å²) in [5.74, 6) is 6.81. The van der Waals surface area contributed by atoms with Gasteiger partial charge >= 0.3 is 0 Å². The van der Waals surface area contributed by atoms with Gasteiger partial charge in [-0.15, -0.1) is 0 Å². The molecule has 3 nitrogen and oxygen atoms in total. The molecule has 2 aromatic rings. The summed E-state index contributed by atoms with van der Waals surface area (Å²) in [6, 6.07) is 7.30. The van der Waals surface area contributed by atoms with Crippen LogP contribution < -0.4 is 11.1 Å². The highest BCUT2D eigenvalue weighted by Crippen LogP contribution is 2.33. The Bertz CT molecular complexity index is 758. The van der Waals surface area contributed by atoms with Gasteiger partial charge in [-0.05, 0) is 43.0 Å². The van der Waals surface area contributed by atoms with E-state index in [1.807, 2.05) is 12.1 Å². The van der Waals surface area contributed by atoms with E-state index in [2.05, 4.69) is 22.1 Å². The first-order valence-corrected chi connectivity index (χ1v) is 7.84. The number of halogens is 2. The van der Waals surface area contributed by atoms with Gasteiger partial charge in [-0.3, -0.25) is 0 Å². The number of nitrogens with zero attached hydrogens (tertiary/aromatic N) is 1. The molecule has 22 heavy (non-hydrogen) atoms. The average Bonchev–Trinajstić information content (AvgIpc) is 3.32. The van der Waals surface area contributed by atoms with Gasteiger partial charge in [0.25, 0.3) is 0 Å². The van der Waals surface area contributed by atoms with Crippen LogP contribution in [-0.2, 0) is 0 Å². The van der Waals surface area contributed by atoms with Gasteiger partial charge in [-0.25, -0.2) is 4.98 Å². The Balaban J connectivity index is 1.81. The van der Waals surface area contributed by atoms with Crippen molar-refractivity contribution in [2.75, 3.05) is 17.6 Å². The van der Waals surface area contributed by atoms with E-state index >= 15 is 0 Å². The summed E-state index contributed by atoms with van der Waals surface area (Å²) in [7, 11) is 0. The van der Waals surface area contributed by atoms with E-state index in [1.54, 1.807) is 18.3 Å². The van der Waals surface area contributed by atoms with Gasteiger partial charge in [0, 0.05) is 23.9 Å². The summed E-state index contributed by atoms with van der Waals surface area (Å²) in [5, 5.41) is 4.23. The van der Waals surface area contributed by atoms with E-state index in [-0.39, 0.29) is 0 Å². The largest absolute Gasteiger partial charge is 0.396 e. The maximum absolute atomic E-state index is 6.32. The van der Waals surface area contributed by atoms with E-state index in [0.717, 1.165) is 23.7 Å². The molecule has 112 valence electrons. The minimum absolute atomic E-state index is 0.414. The number of nitrogens with two attached hydrogens (primary N) is 1. The van der Waals surface area contributed by atoms with Crippen molar-refractivity contribution in [2.24, 2.45) is 5.92 Å². The highest BCUT2D eigenvalue weighted by atomic mass is 35.5. The quantitative estimate of drug-likeness (QED) is 0.503. The molecular weight excluding hydrogens is 317 g/mol. The van der Waals surface area contributed by atoms with Crippen LogP contribution in [0.1, 0.15) is 24.0 Å². The predicted molar refractivity (Wildman–Crippen MR) is 92.3 cm³/mol. The Morgan fingerprint density at radius 1 is 1.23 bits per heavy atom. The Morgan fingerprint density at radius 2 is 2.05 bits per heavy atom. The Hall–Kier alpha value is -1.89. The number of pyridine rings is 1. The van der Waals surface area contributed by atoms with Crippen molar-refractivity contribution in [3.05, 3.63) is 51.8 Å².